The monoisotopic (exact) mass is 480 g/mol. The van der Waals surface area contributed by atoms with Gasteiger partial charge in [-0.3, -0.25) is 9.48 Å². The molecule has 1 aliphatic heterocycles. The minimum Gasteiger partial charge on any atom is -0.363 e. The number of fused-ring (bicyclic) bond motifs is 1. The van der Waals surface area contributed by atoms with Crippen molar-refractivity contribution in [2.75, 3.05) is 10.6 Å². The van der Waals surface area contributed by atoms with Gasteiger partial charge in [-0.15, -0.1) is 0 Å². The maximum absolute atomic E-state index is 13.9. The van der Waals surface area contributed by atoms with Crippen LogP contribution in [0.1, 0.15) is 45.6 Å². The van der Waals surface area contributed by atoms with E-state index < -0.39 is 18.4 Å². The maximum atomic E-state index is 13.9. The molecule has 2 unspecified atom stereocenters. The van der Waals surface area contributed by atoms with Crippen LogP contribution in [0.3, 0.4) is 0 Å². The van der Waals surface area contributed by atoms with E-state index in [9.17, 15) is 18.0 Å². The highest BCUT2D eigenvalue weighted by molar-refractivity contribution is 6.07. The number of nitrogens with one attached hydrogen (secondary N) is 2. The first-order valence-electron chi connectivity index (χ1n) is 11.1. The number of hydrogen-bond acceptors (Lipinski definition) is 4. The number of benzene rings is 2. The van der Waals surface area contributed by atoms with Crippen LogP contribution in [0, 0.1) is 12.7 Å². The first-order chi connectivity index (χ1) is 16.9. The highest BCUT2D eigenvalue weighted by Gasteiger charge is 2.36. The summed E-state index contributed by atoms with van der Waals surface area (Å²) >= 11 is 0. The van der Waals surface area contributed by atoms with Crippen molar-refractivity contribution in [1.29, 1.82) is 0 Å². The fourth-order valence-electron chi connectivity index (χ4n) is 4.21. The van der Waals surface area contributed by atoms with Crippen molar-refractivity contribution in [1.82, 2.24) is 19.6 Å². The second kappa shape index (κ2) is 9.28. The Morgan fingerprint density at radius 3 is 2.57 bits per heavy atom. The van der Waals surface area contributed by atoms with Crippen LogP contribution in [0.5, 0.6) is 0 Å². The van der Waals surface area contributed by atoms with Gasteiger partial charge in [0.25, 0.3) is 12.3 Å². The quantitative estimate of drug-likeness (QED) is 0.398. The Balaban J connectivity index is 1.35. The molecular weight excluding hydrogens is 457 g/mol. The number of aryl methyl sites for hydroxylation is 1. The summed E-state index contributed by atoms with van der Waals surface area (Å²) in [7, 11) is 0. The number of halogens is 3. The van der Waals surface area contributed by atoms with Gasteiger partial charge in [0.2, 0.25) is 0 Å². The Bertz CT molecular complexity index is 1330. The molecule has 2 aromatic carbocycles. The third kappa shape index (κ3) is 4.77. The fourth-order valence-corrected chi connectivity index (χ4v) is 4.21. The van der Waals surface area contributed by atoms with Gasteiger partial charge in [0, 0.05) is 6.20 Å². The molecule has 3 heterocycles. The summed E-state index contributed by atoms with van der Waals surface area (Å²) in [6.07, 6.45) is 1.94. The minimum absolute atomic E-state index is 0.145. The molecule has 0 saturated heterocycles. The van der Waals surface area contributed by atoms with Crippen molar-refractivity contribution in [2.45, 2.75) is 38.4 Å². The van der Waals surface area contributed by atoms with E-state index in [1.165, 1.54) is 29.2 Å². The predicted octanol–water partition coefficient (Wildman–Crippen LogP) is 5.19. The van der Waals surface area contributed by atoms with Gasteiger partial charge < -0.3 is 10.6 Å². The second-order valence-corrected chi connectivity index (χ2v) is 8.60. The summed E-state index contributed by atoms with van der Waals surface area (Å²) in [4.78, 5) is 13.0. The van der Waals surface area contributed by atoms with Crippen LogP contribution >= 0.6 is 0 Å². The zero-order chi connectivity index (χ0) is 24.5. The van der Waals surface area contributed by atoms with Crippen molar-refractivity contribution < 1.29 is 18.0 Å². The standard InChI is InChI=1S/C25H23F3N6O/c1-15-2-6-17(7-3-15)21-10-22(23(27)28)34-24(32-21)20(12-30-34)25(35)31-19-11-29-33(14-19)13-16-4-8-18(26)9-5-16/h2-9,11-12,14,21-23,32H,10,13H2,1H3,(H,31,35). The molecule has 0 aliphatic carbocycles. The molecule has 2 aromatic heterocycles. The zero-order valence-corrected chi connectivity index (χ0v) is 18.8. The van der Waals surface area contributed by atoms with Gasteiger partial charge in [-0.05, 0) is 36.6 Å². The molecule has 0 radical (unpaired) electrons. The lowest BCUT2D eigenvalue weighted by atomic mass is 9.96. The Morgan fingerprint density at radius 2 is 1.86 bits per heavy atom. The van der Waals surface area contributed by atoms with Crippen molar-refractivity contribution in [3.8, 4) is 0 Å². The molecule has 10 heteroatoms. The van der Waals surface area contributed by atoms with E-state index in [1.807, 2.05) is 31.2 Å². The summed E-state index contributed by atoms with van der Waals surface area (Å²) in [6, 6.07) is 12.2. The molecule has 2 atom stereocenters. The molecule has 4 aromatic rings. The van der Waals surface area contributed by atoms with E-state index in [1.54, 1.807) is 23.0 Å². The molecule has 0 saturated carbocycles. The molecular formula is C25H23F3N6O. The number of rotatable bonds is 6. The van der Waals surface area contributed by atoms with E-state index in [2.05, 4.69) is 20.8 Å². The average molecular weight is 480 g/mol. The van der Waals surface area contributed by atoms with Gasteiger partial charge in [-0.1, -0.05) is 42.0 Å². The van der Waals surface area contributed by atoms with Gasteiger partial charge in [-0.2, -0.15) is 10.2 Å². The molecule has 2 N–H and O–H groups in total. The number of amides is 1. The minimum atomic E-state index is -2.63. The van der Waals surface area contributed by atoms with Crippen molar-refractivity contribution in [3.05, 3.63) is 95.2 Å². The molecule has 5 rings (SSSR count). The summed E-state index contributed by atoms with van der Waals surface area (Å²) in [5, 5.41) is 14.3. The molecule has 0 spiro atoms. The van der Waals surface area contributed by atoms with Crippen LogP contribution in [-0.2, 0) is 6.54 Å². The Hall–Kier alpha value is -4.08. The molecule has 180 valence electrons. The number of aromatic nitrogens is 4. The SMILES string of the molecule is Cc1ccc(C2CC(C(F)F)n3ncc(C(=O)Nc4cnn(Cc5ccc(F)cc5)c4)c3N2)cc1. The van der Waals surface area contributed by atoms with Crippen LogP contribution in [0.15, 0.2) is 67.1 Å². The third-order valence-corrected chi connectivity index (χ3v) is 6.06. The topological polar surface area (TPSA) is 76.8 Å². The largest absolute Gasteiger partial charge is 0.363 e. The molecule has 7 nitrogen and oxygen atoms in total. The van der Waals surface area contributed by atoms with Gasteiger partial charge in [-0.25, -0.2) is 17.9 Å². The summed E-state index contributed by atoms with van der Waals surface area (Å²) in [6.45, 7) is 2.36. The maximum Gasteiger partial charge on any atom is 0.261 e. The predicted molar refractivity (Wildman–Crippen MR) is 125 cm³/mol. The molecule has 0 bridgehead atoms. The number of hydrogen-bond donors (Lipinski definition) is 2. The van der Waals surface area contributed by atoms with E-state index in [0.717, 1.165) is 16.7 Å². The number of carbonyl (C=O) groups is 1. The van der Waals surface area contributed by atoms with Crippen LogP contribution in [0.25, 0.3) is 0 Å². The van der Waals surface area contributed by atoms with Crippen LogP contribution in [0.4, 0.5) is 24.7 Å². The smallest absolute Gasteiger partial charge is 0.261 e. The number of alkyl halides is 2. The zero-order valence-electron chi connectivity index (χ0n) is 18.8. The number of nitrogens with zero attached hydrogens (tertiary/aromatic N) is 4. The lowest BCUT2D eigenvalue weighted by molar-refractivity contribution is 0.0657. The van der Waals surface area contributed by atoms with Crippen LogP contribution in [0.2, 0.25) is 0 Å². The van der Waals surface area contributed by atoms with E-state index >= 15 is 0 Å². The second-order valence-electron chi connectivity index (χ2n) is 8.60. The molecule has 0 fully saturated rings. The third-order valence-electron chi connectivity index (χ3n) is 6.06. The van der Waals surface area contributed by atoms with Crippen LogP contribution in [-0.4, -0.2) is 31.9 Å². The van der Waals surface area contributed by atoms with Gasteiger partial charge in [0.1, 0.15) is 23.2 Å². The normalized spacial score (nSPS) is 17.2. The fraction of sp³-hybridized carbons (Fsp3) is 0.240. The average Bonchev–Trinajstić information content (AvgIpc) is 3.47. The molecule has 1 aliphatic rings. The summed E-state index contributed by atoms with van der Waals surface area (Å²) in [5.74, 6) is -0.556. The lowest BCUT2D eigenvalue weighted by Crippen LogP contribution is -2.31. The van der Waals surface area contributed by atoms with E-state index in [4.69, 9.17) is 0 Å². The molecule has 1 amide bonds. The van der Waals surface area contributed by atoms with Crippen molar-refractivity contribution in [2.24, 2.45) is 0 Å². The lowest BCUT2D eigenvalue weighted by Gasteiger charge is -2.32. The van der Waals surface area contributed by atoms with Gasteiger partial charge in [0.15, 0.2) is 0 Å². The summed E-state index contributed by atoms with van der Waals surface area (Å²) < 4.78 is 43.7. The first-order valence-corrected chi connectivity index (χ1v) is 11.1. The van der Waals surface area contributed by atoms with Crippen molar-refractivity contribution >= 4 is 17.4 Å². The van der Waals surface area contributed by atoms with E-state index in [0.29, 0.717) is 12.2 Å². The highest BCUT2D eigenvalue weighted by Crippen LogP contribution is 2.39. The Kier molecular flexibility index (Phi) is 6.02. The van der Waals surface area contributed by atoms with Crippen LogP contribution < -0.4 is 10.6 Å². The Labute approximate surface area is 199 Å². The number of carbonyl (C=O) groups excluding carboxylic acids is 1. The molecule has 35 heavy (non-hydrogen) atoms. The van der Waals surface area contributed by atoms with Crippen molar-refractivity contribution in [3.63, 3.8) is 0 Å². The van der Waals surface area contributed by atoms with Gasteiger partial charge in [0.05, 0.1) is 30.7 Å². The van der Waals surface area contributed by atoms with Gasteiger partial charge >= 0.3 is 0 Å². The summed E-state index contributed by atoms with van der Waals surface area (Å²) in [5.41, 5.74) is 3.39. The first kappa shape index (κ1) is 22.7. The van der Waals surface area contributed by atoms with E-state index in [-0.39, 0.29) is 29.7 Å². The number of anilines is 2. The highest BCUT2D eigenvalue weighted by atomic mass is 19.3. The Morgan fingerprint density at radius 1 is 1.11 bits per heavy atom.